The summed E-state index contributed by atoms with van der Waals surface area (Å²) in [6, 6.07) is 3.52. The average Bonchev–Trinajstić information content (AvgIpc) is 2.90. The topological polar surface area (TPSA) is 32.3 Å². The van der Waals surface area contributed by atoms with Crippen LogP contribution in [0.5, 0.6) is 0 Å². The number of carbonyl (C=O) groups excluding carboxylic acids is 1. The quantitative estimate of drug-likeness (QED) is 0.928. The van der Waals surface area contributed by atoms with Crippen LogP contribution < -0.4 is 5.32 Å². The Labute approximate surface area is 119 Å². The zero-order valence-electron chi connectivity index (χ0n) is 10.6. The first-order valence-corrected chi connectivity index (χ1v) is 6.64. The molecule has 1 aromatic rings. The van der Waals surface area contributed by atoms with E-state index < -0.39 is 11.7 Å². The van der Waals surface area contributed by atoms with Crippen LogP contribution in [0.25, 0.3) is 0 Å². The van der Waals surface area contributed by atoms with E-state index >= 15 is 0 Å². The molecule has 0 aromatic heterocycles. The van der Waals surface area contributed by atoms with Crippen molar-refractivity contribution < 1.29 is 18.0 Å². The molecule has 1 saturated heterocycles. The van der Waals surface area contributed by atoms with Gasteiger partial charge in [-0.1, -0.05) is 11.6 Å². The van der Waals surface area contributed by atoms with E-state index in [0.717, 1.165) is 32.0 Å². The molecule has 1 N–H and O–H groups in total. The van der Waals surface area contributed by atoms with Gasteiger partial charge < -0.3 is 10.2 Å². The Bertz CT molecular complexity index is 499. The second-order valence-corrected chi connectivity index (χ2v) is 5.04. The molecule has 7 heteroatoms. The highest BCUT2D eigenvalue weighted by molar-refractivity contribution is 6.31. The fourth-order valence-corrected chi connectivity index (χ4v) is 2.33. The number of hydrogen-bond acceptors (Lipinski definition) is 2. The first-order chi connectivity index (χ1) is 9.38. The van der Waals surface area contributed by atoms with Crippen LogP contribution in [0.15, 0.2) is 18.2 Å². The molecule has 1 aliphatic heterocycles. The number of alkyl halides is 3. The Balaban J connectivity index is 2.01. The minimum absolute atomic E-state index is 0.0150. The molecule has 110 valence electrons. The summed E-state index contributed by atoms with van der Waals surface area (Å²) in [6.45, 7) is 1.42. The minimum Gasteiger partial charge on any atom is -0.376 e. The van der Waals surface area contributed by atoms with Crippen molar-refractivity contribution in [1.29, 1.82) is 0 Å². The van der Waals surface area contributed by atoms with Crippen molar-refractivity contribution in [3.05, 3.63) is 28.8 Å². The number of carbonyl (C=O) groups is 1. The summed E-state index contributed by atoms with van der Waals surface area (Å²) in [7, 11) is 0. The van der Waals surface area contributed by atoms with Crippen molar-refractivity contribution in [2.24, 2.45) is 0 Å². The fraction of sp³-hybridized carbons (Fsp3) is 0.462. The lowest BCUT2D eigenvalue weighted by molar-refractivity contribution is -0.137. The molecule has 0 bridgehead atoms. The van der Waals surface area contributed by atoms with Crippen LogP contribution in [0, 0.1) is 0 Å². The molecule has 0 spiro atoms. The van der Waals surface area contributed by atoms with Gasteiger partial charge in [0.25, 0.3) is 0 Å². The molecule has 1 amide bonds. The van der Waals surface area contributed by atoms with Gasteiger partial charge in [-0.15, -0.1) is 0 Å². The van der Waals surface area contributed by atoms with E-state index in [0.29, 0.717) is 0 Å². The Kier molecular flexibility index (Phi) is 4.42. The zero-order chi connectivity index (χ0) is 14.8. The molecule has 2 rings (SSSR count). The molecular formula is C13H14ClF3N2O. The molecule has 0 atom stereocenters. The normalized spacial score (nSPS) is 15.5. The van der Waals surface area contributed by atoms with E-state index in [2.05, 4.69) is 5.32 Å². The largest absolute Gasteiger partial charge is 0.417 e. The van der Waals surface area contributed by atoms with E-state index in [1.54, 1.807) is 4.90 Å². The molecule has 1 heterocycles. The standard InChI is InChI=1S/C13H14ClF3N2O/c14-11-4-3-9(7-10(11)13(15,16)17)18-8-12(20)19-5-1-2-6-19/h3-4,7,18H,1-2,5-6,8H2. The van der Waals surface area contributed by atoms with E-state index in [1.807, 2.05) is 0 Å². The predicted octanol–water partition coefficient (Wildman–Crippen LogP) is 3.39. The Hall–Kier alpha value is -1.43. The maximum absolute atomic E-state index is 12.7. The van der Waals surface area contributed by atoms with Gasteiger partial charge in [0, 0.05) is 18.8 Å². The number of halogens is 4. The molecule has 0 radical (unpaired) electrons. The summed E-state index contributed by atoms with van der Waals surface area (Å²) in [4.78, 5) is 13.5. The zero-order valence-corrected chi connectivity index (χ0v) is 11.4. The smallest absolute Gasteiger partial charge is 0.376 e. The van der Waals surface area contributed by atoms with Gasteiger partial charge in [-0.05, 0) is 31.0 Å². The van der Waals surface area contributed by atoms with Crippen LogP contribution in [-0.4, -0.2) is 30.4 Å². The number of hydrogen-bond donors (Lipinski definition) is 1. The number of benzene rings is 1. The molecule has 0 saturated carbocycles. The molecular weight excluding hydrogens is 293 g/mol. The van der Waals surface area contributed by atoms with Crippen LogP contribution in [0.1, 0.15) is 18.4 Å². The van der Waals surface area contributed by atoms with E-state index in [9.17, 15) is 18.0 Å². The lowest BCUT2D eigenvalue weighted by Crippen LogP contribution is -2.33. The highest BCUT2D eigenvalue weighted by Gasteiger charge is 2.33. The third kappa shape index (κ3) is 3.56. The summed E-state index contributed by atoms with van der Waals surface area (Å²) in [6.07, 6.45) is -2.55. The Morgan fingerprint density at radius 3 is 2.55 bits per heavy atom. The van der Waals surface area contributed by atoms with Crippen LogP contribution in [-0.2, 0) is 11.0 Å². The van der Waals surface area contributed by atoms with Crippen molar-refractivity contribution in [2.45, 2.75) is 19.0 Å². The lowest BCUT2D eigenvalue weighted by atomic mass is 10.2. The summed E-state index contributed by atoms with van der Waals surface area (Å²) < 4.78 is 38.1. The molecule has 20 heavy (non-hydrogen) atoms. The minimum atomic E-state index is -4.51. The first kappa shape index (κ1) is 15.0. The van der Waals surface area contributed by atoms with Gasteiger partial charge in [-0.3, -0.25) is 4.79 Å². The third-order valence-corrected chi connectivity index (χ3v) is 3.50. The Morgan fingerprint density at radius 1 is 1.30 bits per heavy atom. The Morgan fingerprint density at radius 2 is 1.95 bits per heavy atom. The third-order valence-electron chi connectivity index (χ3n) is 3.17. The maximum Gasteiger partial charge on any atom is 0.417 e. The van der Waals surface area contributed by atoms with Gasteiger partial charge in [-0.25, -0.2) is 0 Å². The number of anilines is 1. The van der Waals surface area contributed by atoms with Gasteiger partial charge in [0.15, 0.2) is 0 Å². The van der Waals surface area contributed by atoms with E-state index in [-0.39, 0.29) is 23.2 Å². The van der Waals surface area contributed by atoms with Crippen molar-refractivity contribution in [3.8, 4) is 0 Å². The molecule has 1 fully saturated rings. The fourth-order valence-electron chi connectivity index (χ4n) is 2.11. The van der Waals surface area contributed by atoms with Crippen LogP contribution >= 0.6 is 11.6 Å². The van der Waals surface area contributed by atoms with Crippen LogP contribution in [0.2, 0.25) is 5.02 Å². The van der Waals surface area contributed by atoms with Crippen molar-refractivity contribution in [3.63, 3.8) is 0 Å². The van der Waals surface area contributed by atoms with Gasteiger partial charge >= 0.3 is 6.18 Å². The highest BCUT2D eigenvalue weighted by Crippen LogP contribution is 2.36. The molecule has 1 aromatic carbocycles. The number of likely N-dealkylation sites (tertiary alicyclic amines) is 1. The monoisotopic (exact) mass is 306 g/mol. The van der Waals surface area contributed by atoms with Gasteiger partial charge in [-0.2, -0.15) is 13.2 Å². The number of nitrogens with one attached hydrogen (secondary N) is 1. The van der Waals surface area contributed by atoms with Crippen molar-refractivity contribution in [2.75, 3.05) is 25.0 Å². The maximum atomic E-state index is 12.7. The average molecular weight is 307 g/mol. The second-order valence-electron chi connectivity index (χ2n) is 4.63. The number of amides is 1. The van der Waals surface area contributed by atoms with E-state index in [1.165, 1.54) is 12.1 Å². The molecule has 0 aliphatic carbocycles. The number of rotatable bonds is 3. The number of nitrogens with zero attached hydrogens (tertiary/aromatic N) is 1. The van der Waals surface area contributed by atoms with Gasteiger partial charge in [0.2, 0.25) is 5.91 Å². The van der Waals surface area contributed by atoms with Crippen molar-refractivity contribution in [1.82, 2.24) is 4.90 Å². The molecule has 1 aliphatic rings. The van der Waals surface area contributed by atoms with Crippen LogP contribution in [0.4, 0.5) is 18.9 Å². The summed E-state index contributed by atoms with van der Waals surface area (Å²) in [5.41, 5.74) is -0.674. The molecule has 0 unspecified atom stereocenters. The van der Waals surface area contributed by atoms with Gasteiger partial charge in [0.05, 0.1) is 17.1 Å². The summed E-state index contributed by atoms with van der Waals surface area (Å²) >= 11 is 5.52. The first-order valence-electron chi connectivity index (χ1n) is 6.26. The SMILES string of the molecule is O=C(CNc1ccc(Cl)c(C(F)(F)F)c1)N1CCCC1. The van der Waals surface area contributed by atoms with Gasteiger partial charge in [0.1, 0.15) is 0 Å². The van der Waals surface area contributed by atoms with Crippen LogP contribution in [0.3, 0.4) is 0 Å². The predicted molar refractivity (Wildman–Crippen MR) is 70.8 cm³/mol. The highest BCUT2D eigenvalue weighted by atomic mass is 35.5. The molecule has 3 nitrogen and oxygen atoms in total. The second kappa shape index (κ2) is 5.91. The lowest BCUT2D eigenvalue weighted by Gasteiger charge is -2.17. The van der Waals surface area contributed by atoms with E-state index in [4.69, 9.17) is 11.6 Å². The summed E-state index contributed by atoms with van der Waals surface area (Å²) in [5, 5.41) is 2.36. The van der Waals surface area contributed by atoms with Crippen molar-refractivity contribution >= 4 is 23.2 Å². The summed E-state index contributed by atoms with van der Waals surface area (Å²) in [5.74, 6) is -0.106.